The van der Waals surface area contributed by atoms with Crippen molar-refractivity contribution >= 4 is 5.97 Å². The predicted octanol–water partition coefficient (Wildman–Crippen LogP) is 1.12. The average Bonchev–Trinajstić information content (AvgIpc) is 2.72. The maximum absolute atomic E-state index is 11.1. The number of aromatic carboxylic acids is 1. The van der Waals surface area contributed by atoms with E-state index < -0.39 is 5.97 Å². The molecule has 18 heavy (non-hydrogen) atoms. The maximum Gasteiger partial charge on any atom is 0.354 e. The fourth-order valence-electron chi connectivity index (χ4n) is 1.58. The first-order valence-corrected chi connectivity index (χ1v) is 5.07. The number of carbonyl (C=O) groups is 1. The van der Waals surface area contributed by atoms with Gasteiger partial charge < -0.3 is 9.99 Å². The van der Waals surface area contributed by atoms with Crippen molar-refractivity contribution in [2.75, 3.05) is 7.11 Å². The van der Waals surface area contributed by atoms with Crippen molar-refractivity contribution in [1.82, 2.24) is 14.8 Å². The van der Waals surface area contributed by atoms with E-state index in [1.165, 1.54) is 18.0 Å². The molecule has 0 aliphatic carbocycles. The van der Waals surface area contributed by atoms with E-state index >= 15 is 0 Å². The molecule has 0 unspecified atom stereocenters. The molecule has 2 aromatic rings. The summed E-state index contributed by atoms with van der Waals surface area (Å²) in [6.07, 6.45) is 1.45. The van der Waals surface area contributed by atoms with E-state index in [-0.39, 0.29) is 11.6 Å². The molecule has 0 saturated carbocycles. The molecule has 7 heteroatoms. The minimum absolute atomic E-state index is 0.0667. The normalized spacial score (nSPS) is 10.3. The van der Waals surface area contributed by atoms with Gasteiger partial charge in [-0.25, -0.2) is 9.78 Å². The highest BCUT2D eigenvalue weighted by molar-refractivity contribution is 5.93. The number of rotatable bonds is 4. The lowest BCUT2D eigenvalue weighted by atomic mass is 10.1. The summed E-state index contributed by atoms with van der Waals surface area (Å²) in [6.45, 7) is 0. The number of nitrogens with zero attached hydrogens (tertiary/aromatic N) is 3. The monoisotopic (exact) mass is 249 g/mol. The first-order valence-electron chi connectivity index (χ1n) is 5.07. The standard InChI is InChI=1S/C11H11N3O4/c1-14-10(11(15)16)7(6-12-14)8-4-3-5-9(13-8)18-17-2/h3-6H,1-2H3,(H,15,16). The van der Waals surface area contributed by atoms with Crippen LogP contribution < -0.4 is 4.89 Å². The summed E-state index contributed by atoms with van der Waals surface area (Å²) in [7, 11) is 2.92. The van der Waals surface area contributed by atoms with Crippen molar-refractivity contribution in [2.24, 2.45) is 7.05 Å². The summed E-state index contributed by atoms with van der Waals surface area (Å²) < 4.78 is 1.28. The average molecular weight is 249 g/mol. The molecule has 94 valence electrons. The van der Waals surface area contributed by atoms with Crippen molar-refractivity contribution in [3.8, 4) is 17.1 Å². The number of pyridine rings is 1. The Balaban J connectivity index is 2.48. The molecule has 0 aliphatic rings. The smallest absolute Gasteiger partial charge is 0.354 e. The summed E-state index contributed by atoms with van der Waals surface area (Å²) in [5.74, 6) is -0.819. The Morgan fingerprint density at radius 1 is 1.44 bits per heavy atom. The number of hydrogen-bond donors (Lipinski definition) is 1. The summed E-state index contributed by atoms with van der Waals surface area (Å²) >= 11 is 0. The SMILES string of the molecule is COOc1cccc(-c2cnn(C)c2C(=O)O)n1. The Kier molecular flexibility index (Phi) is 3.24. The van der Waals surface area contributed by atoms with Crippen LogP contribution in [0.2, 0.25) is 0 Å². The second-order valence-electron chi connectivity index (χ2n) is 3.45. The van der Waals surface area contributed by atoms with Crippen LogP contribution in [0.5, 0.6) is 5.88 Å². The molecule has 0 fully saturated rings. The van der Waals surface area contributed by atoms with Crippen molar-refractivity contribution < 1.29 is 19.7 Å². The number of aromatic nitrogens is 3. The van der Waals surface area contributed by atoms with Crippen LogP contribution in [0.3, 0.4) is 0 Å². The summed E-state index contributed by atoms with van der Waals surface area (Å²) in [5.41, 5.74) is 0.943. The van der Waals surface area contributed by atoms with E-state index in [1.54, 1.807) is 25.2 Å². The molecule has 7 nitrogen and oxygen atoms in total. The van der Waals surface area contributed by atoms with Crippen molar-refractivity contribution in [3.05, 3.63) is 30.1 Å². The fourth-order valence-corrected chi connectivity index (χ4v) is 1.58. The molecular formula is C11H11N3O4. The zero-order chi connectivity index (χ0) is 13.1. The third-order valence-corrected chi connectivity index (χ3v) is 2.31. The van der Waals surface area contributed by atoms with E-state index in [1.807, 2.05) is 0 Å². The summed E-state index contributed by atoms with van der Waals surface area (Å²) in [6, 6.07) is 4.96. The molecule has 2 heterocycles. The van der Waals surface area contributed by atoms with Crippen molar-refractivity contribution in [3.63, 3.8) is 0 Å². The van der Waals surface area contributed by atoms with E-state index in [0.717, 1.165) is 0 Å². The lowest BCUT2D eigenvalue weighted by Crippen LogP contribution is -2.07. The molecule has 0 bridgehead atoms. The molecule has 0 amide bonds. The largest absolute Gasteiger partial charge is 0.477 e. The molecule has 0 saturated heterocycles. The highest BCUT2D eigenvalue weighted by atomic mass is 17.2. The van der Waals surface area contributed by atoms with Gasteiger partial charge in [0.15, 0.2) is 5.69 Å². The van der Waals surface area contributed by atoms with Crippen LogP contribution >= 0.6 is 0 Å². The van der Waals surface area contributed by atoms with Gasteiger partial charge in [0.05, 0.1) is 24.6 Å². The maximum atomic E-state index is 11.1. The van der Waals surface area contributed by atoms with E-state index in [9.17, 15) is 4.79 Å². The second-order valence-corrected chi connectivity index (χ2v) is 3.45. The lowest BCUT2D eigenvalue weighted by molar-refractivity contribution is -0.181. The van der Waals surface area contributed by atoms with Gasteiger partial charge in [-0.3, -0.25) is 4.68 Å². The highest BCUT2D eigenvalue weighted by Gasteiger charge is 2.18. The van der Waals surface area contributed by atoms with E-state index in [0.29, 0.717) is 11.3 Å². The predicted molar refractivity (Wildman–Crippen MR) is 61.0 cm³/mol. The van der Waals surface area contributed by atoms with Gasteiger partial charge in [-0.15, -0.1) is 0 Å². The van der Waals surface area contributed by atoms with Crippen molar-refractivity contribution in [2.45, 2.75) is 0 Å². The third kappa shape index (κ3) is 2.16. The number of carboxylic acids is 1. The van der Waals surface area contributed by atoms with Crippen LogP contribution in [0.4, 0.5) is 0 Å². The fraction of sp³-hybridized carbons (Fsp3) is 0.182. The van der Waals surface area contributed by atoms with Gasteiger partial charge in [-0.1, -0.05) is 6.07 Å². The Labute approximate surface area is 103 Å². The van der Waals surface area contributed by atoms with Crippen LogP contribution in [-0.4, -0.2) is 33.0 Å². The number of carboxylic acid groups (broad SMARTS) is 1. The number of aryl methyl sites for hydroxylation is 1. The van der Waals surface area contributed by atoms with Gasteiger partial charge in [0.2, 0.25) is 0 Å². The van der Waals surface area contributed by atoms with Crippen LogP contribution in [0.15, 0.2) is 24.4 Å². The molecule has 0 atom stereocenters. The van der Waals surface area contributed by atoms with Crippen LogP contribution in [0.25, 0.3) is 11.3 Å². The highest BCUT2D eigenvalue weighted by Crippen LogP contribution is 2.23. The Hall–Kier alpha value is -2.41. The first-order chi connectivity index (χ1) is 8.63. The quantitative estimate of drug-likeness (QED) is 0.645. The first kappa shape index (κ1) is 12.1. The van der Waals surface area contributed by atoms with E-state index in [2.05, 4.69) is 15.0 Å². The summed E-state index contributed by atoms with van der Waals surface area (Å²) in [5, 5.41) is 13.0. The van der Waals surface area contributed by atoms with Crippen LogP contribution in [0, 0.1) is 0 Å². The lowest BCUT2D eigenvalue weighted by Gasteiger charge is -2.03. The molecule has 0 aliphatic heterocycles. The van der Waals surface area contributed by atoms with Gasteiger partial charge in [-0.2, -0.15) is 9.99 Å². The zero-order valence-electron chi connectivity index (χ0n) is 9.82. The van der Waals surface area contributed by atoms with Gasteiger partial charge in [0.1, 0.15) is 0 Å². The van der Waals surface area contributed by atoms with Gasteiger partial charge >= 0.3 is 5.97 Å². The number of hydrogen-bond acceptors (Lipinski definition) is 5. The Morgan fingerprint density at radius 3 is 2.89 bits per heavy atom. The molecule has 0 spiro atoms. The van der Waals surface area contributed by atoms with Crippen molar-refractivity contribution in [1.29, 1.82) is 0 Å². The summed E-state index contributed by atoms with van der Waals surface area (Å²) in [4.78, 5) is 24.6. The van der Waals surface area contributed by atoms with Crippen LogP contribution in [0.1, 0.15) is 10.5 Å². The topological polar surface area (TPSA) is 86.5 Å². The van der Waals surface area contributed by atoms with E-state index in [4.69, 9.17) is 9.99 Å². The zero-order valence-corrected chi connectivity index (χ0v) is 9.82. The minimum atomic E-state index is -1.06. The molecule has 2 aromatic heterocycles. The van der Waals surface area contributed by atoms with Gasteiger partial charge in [-0.05, 0) is 6.07 Å². The van der Waals surface area contributed by atoms with Crippen LogP contribution in [-0.2, 0) is 11.9 Å². The van der Waals surface area contributed by atoms with Gasteiger partial charge in [0.25, 0.3) is 5.88 Å². The molecule has 0 radical (unpaired) electrons. The molecular weight excluding hydrogens is 238 g/mol. The molecule has 2 rings (SSSR count). The van der Waals surface area contributed by atoms with Gasteiger partial charge in [0, 0.05) is 13.1 Å². The second kappa shape index (κ2) is 4.84. The Bertz CT molecular complexity index is 579. The molecule has 0 aromatic carbocycles. The molecule has 1 N–H and O–H groups in total. The minimum Gasteiger partial charge on any atom is -0.477 e. The Morgan fingerprint density at radius 2 is 2.22 bits per heavy atom. The third-order valence-electron chi connectivity index (χ3n) is 2.31.